The van der Waals surface area contributed by atoms with Crippen LogP contribution in [0.5, 0.6) is 0 Å². The minimum Gasteiger partial charge on any atom is -0.445 e. The first kappa shape index (κ1) is 14.4. The molecule has 3 rings (SSSR count). The van der Waals surface area contributed by atoms with E-state index in [0.29, 0.717) is 12.6 Å². The lowest BCUT2D eigenvalue weighted by Gasteiger charge is -2.46. The number of nitrogens with zero attached hydrogens (tertiary/aromatic N) is 2. The van der Waals surface area contributed by atoms with Gasteiger partial charge in [0.25, 0.3) is 0 Å². The van der Waals surface area contributed by atoms with Gasteiger partial charge in [-0.25, -0.2) is 4.79 Å². The van der Waals surface area contributed by atoms with E-state index in [1.165, 1.54) is 25.8 Å². The molecule has 0 spiro atoms. The van der Waals surface area contributed by atoms with Gasteiger partial charge in [0.05, 0.1) is 0 Å². The summed E-state index contributed by atoms with van der Waals surface area (Å²) in [5.41, 5.74) is 1.04. The van der Waals surface area contributed by atoms with Crippen LogP contribution in [-0.4, -0.2) is 47.6 Å². The van der Waals surface area contributed by atoms with Gasteiger partial charge in [-0.2, -0.15) is 0 Å². The Morgan fingerprint density at radius 2 is 2.05 bits per heavy atom. The second kappa shape index (κ2) is 6.48. The standard InChI is InChI=1S/C17H24N2O2/c1-14-11-18-10-6-5-9-16(18)12-19(14)17(20)21-13-15-7-3-2-4-8-15/h2-4,7-8,14,16H,5-6,9-13H2,1H3. The van der Waals surface area contributed by atoms with Gasteiger partial charge < -0.3 is 9.64 Å². The van der Waals surface area contributed by atoms with Crippen molar-refractivity contribution < 1.29 is 9.53 Å². The van der Waals surface area contributed by atoms with Crippen molar-refractivity contribution in [1.29, 1.82) is 0 Å². The Morgan fingerprint density at radius 3 is 2.86 bits per heavy atom. The van der Waals surface area contributed by atoms with Gasteiger partial charge in [-0.1, -0.05) is 36.8 Å². The first-order chi connectivity index (χ1) is 10.2. The van der Waals surface area contributed by atoms with Crippen molar-refractivity contribution in [2.75, 3.05) is 19.6 Å². The van der Waals surface area contributed by atoms with Crippen LogP contribution in [0, 0.1) is 0 Å². The fourth-order valence-electron chi connectivity index (χ4n) is 3.41. The number of benzene rings is 1. The fourth-order valence-corrected chi connectivity index (χ4v) is 3.41. The predicted octanol–water partition coefficient (Wildman–Crippen LogP) is 2.88. The summed E-state index contributed by atoms with van der Waals surface area (Å²) in [7, 11) is 0. The minimum absolute atomic E-state index is 0.170. The molecule has 1 amide bonds. The minimum atomic E-state index is -0.170. The van der Waals surface area contributed by atoms with Crippen LogP contribution in [0.25, 0.3) is 0 Å². The van der Waals surface area contributed by atoms with Gasteiger partial charge in [0.15, 0.2) is 0 Å². The van der Waals surface area contributed by atoms with Gasteiger partial charge in [-0.3, -0.25) is 4.90 Å². The van der Waals surface area contributed by atoms with E-state index in [0.717, 1.165) is 18.7 Å². The van der Waals surface area contributed by atoms with Crippen LogP contribution in [0.4, 0.5) is 4.79 Å². The van der Waals surface area contributed by atoms with E-state index in [1.807, 2.05) is 35.2 Å². The number of carbonyl (C=O) groups excluding carboxylic acids is 1. The zero-order valence-corrected chi connectivity index (χ0v) is 12.7. The van der Waals surface area contributed by atoms with Gasteiger partial charge in [0, 0.05) is 25.2 Å². The first-order valence-corrected chi connectivity index (χ1v) is 7.95. The molecule has 2 fully saturated rings. The Kier molecular flexibility index (Phi) is 4.44. The summed E-state index contributed by atoms with van der Waals surface area (Å²) in [4.78, 5) is 16.8. The van der Waals surface area contributed by atoms with Crippen molar-refractivity contribution in [3.05, 3.63) is 35.9 Å². The van der Waals surface area contributed by atoms with E-state index in [1.54, 1.807) is 0 Å². The zero-order chi connectivity index (χ0) is 14.7. The molecule has 0 aliphatic carbocycles. The molecule has 4 nitrogen and oxygen atoms in total. The van der Waals surface area contributed by atoms with Crippen molar-refractivity contribution in [3.8, 4) is 0 Å². The Labute approximate surface area is 126 Å². The fraction of sp³-hybridized carbons (Fsp3) is 0.588. The van der Waals surface area contributed by atoms with Crippen LogP contribution < -0.4 is 0 Å². The number of rotatable bonds is 2. The van der Waals surface area contributed by atoms with Crippen LogP contribution in [0.1, 0.15) is 31.7 Å². The molecule has 1 aromatic carbocycles. The molecule has 114 valence electrons. The van der Waals surface area contributed by atoms with Crippen molar-refractivity contribution in [2.24, 2.45) is 0 Å². The highest BCUT2D eigenvalue weighted by Gasteiger charge is 2.35. The van der Waals surface area contributed by atoms with E-state index in [9.17, 15) is 4.79 Å². The smallest absolute Gasteiger partial charge is 0.410 e. The molecular weight excluding hydrogens is 264 g/mol. The van der Waals surface area contributed by atoms with Gasteiger partial charge in [-0.15, -0.1) is 0 Å². The third-order valence-electron chi connectivity index (χ3n) is 4.63. The van der Waals surface area contributed by atoms with Crippen LogP contribution in [0.15, 0.2) is 30.3 Å². The summed E-state index contributed by atoms with van der Waals surface area (Å²) >= 11 is 0. The number of hydrogen-bond acceptors (Lipinski definition) is 3. The van der Waals surface area contributed by atoms with Crippen molar-refractivity contribution >= 4 is 6.09 Å². The molecule has 2 atom stereocenters. The second-order valence-electron chi connectivity index (χ2n) is 6.19. The van der Waals surface area contributed by atoms with Gasteiger partial charge in [0.1, 0.15) is 6.61 Å². The molecule has 0 bridgehead atoms. The Balaban J connectivity index is 1.56. The van der Waals surface area contributed by atoms with Gasteiger partial charge in [0.2, 0.25) is 0 Å². The summed E-state index contributed by atoms with van der Waals surface area (Å²) in [6.45, 7) is 5.45. The monoisotopic (exact) mass is 288 g/mol. The lowest BCUT2D eigenvalue weighted by atomic mass is 9.97. The number of hydrogen-bond donors (Lipinski definition) is 0. The van der Waals surface area contributed by atoms with Crippen LogP contribution >= 0.6 is 0 Å². The van der Waals surface area contributed by atoms with Crippen LogP contribution in [0.3, 0.4) is 0 Å². The summed E-state index contributed by atoms with van der Waals surface area (Å²) in [5.74, 6) is 0. The molecule has 4 heteroatoms. The Bertz CT molecular complexity index is 477. The summed E-state index contributed by atoms with van der Waals surface area (Å²) in [5, 5.41) is 0. The summed E-state index contributed by atoms with van der Waals surface area (Å²) < 4.78 is 5.49. The number of amides is 1. The topological polar surface area (TPSA) is 32.8 Å². The lowest BCUT2D eigenvalue weighted by Crippen LogP contribution is -2.60. The maximum atomic E-state index is 12.3. The van der Waals surface area contributed by atoms with Gasteiger partial charge >= 0.3 is 6.09 Å². The number of ether oxygens (including phenoxy) is 1. The summed E-state index contributed by atoms with van der Waals surface area (Å²) in [6.07, 6.45) is 3.61. The van der Waals surface area contributed by atoms with Gasteiger partial charge in [-0.05, 0) is 31.9 Å². The number of carbonyl (C=O) groups is 1. The molecule has 0 saturated carbocycles. The second-order valence-corrected chi connectivity index (χ2v) is 6.19. The van der Waals surface area contributed by atoms with E-state index in [4.69, 9.17) is 4.74 Å². The normalized spacial score (nSPS) is 26.2. The quantitative estimate of drug-likeness (QED) is 0.839. The predicted molar refractivity (Wildman–Crippen MR) is 82.0 cm³/mol. The highest BCUT2D eigenvalue weighted by molar-refractivity contribution is 5.68. The van der Waals surface area contributed by atoms with Crippen molar-refractivity contribution in [1.82, 2.24) is 9.80 Å². The average Bonchev–Trinajstić information content (AvgIpc) is 2.53. The number of piperidine rings is 1. The molecule has 0 aromatic heterocycles. The van der Waals surface area contributed by atoms with Crippen LogP contribution in [0.2, 0.25) is 0 Å². The maximum Gasteiger partial charge on any atom is 0.410 e. The Hall–Kier alpha value is -1.55. The molecule has 1 aromatic rings. The molecule has 21 heavy (non-hydrogen) atoms. The average molecular weight is 288 g/mol. The molecule has 0 N–H and O–H groups in total. The largest absolute Gasteiger partial charge is 0.445 e. The van der Waals surface area contributed by atoms with Crippen molar-refractivity contribution in [3.63, 3.8) is 0 Å². The first-order valence-electron chi connectivity index (χ1n) is 7.95. The third-order valence-corrected chi connectivity index (χ3v) is 4.63. The highest BCUT2D eigenvalue weighted by atomic mass is 16.6. The van der Waals surface area contributed by atoms with E-state index in [2.05, 4.69) is 11.8 Å². The van der Waals surface area contributed by atoms with E-state index >= 15 is 0 Å². The molecular formula is C17H24N2O2. The maximum absolute atomic E-state index is 12.3. The molecule has 0 radical (unpaired) electrons. The molecule has 2 aliphatic rings. The SMILES string of the molecule is CC1CN2CCCCC2CN1C(=O)OCc1ccccc1. The van der Waals surface area contributed by atoms with E-state index < -0.39 is 0 Å². The number of fused-ring (bicyclic) bond motifs is 1. The zero-order valence-electron chi connectivity index (χ0n) is 12.7. The highest BCUT2D eigenvalue weighted by Crippen LogP contribution is 2.24. The Morgan fingerprint density at radius 1 is 1.24 bits per heavy atom. The summed E-state index contributed by atoms with van der Waals surface area (Å²) in [6, 6.07) is 10.6. The van der Waals surface area contributed by atoms with Crippen LogP contribution in [-0.2, 0) is 11.3 Å². The lowest BCUT2D eigenvalue weighted by molar-refractivity contribution is 0.00726. The molecule has 2 aliphatic heterocycles. The number of piperazine rings is 1. The molecule has 2 saturated heterocycles. The third kappa shape index (κ3) is 3.38. The van der Waals surface area contributed by atoms with E-state index in [-0.39, 0.29) is 12.1 Å². The molecule has 2 unspecified atom stereocenters. The van der Waals surface area contributed by atoms with Crippen molar-refractivity contribution in [2.45, 2.75) is 44.9 Å². The molecule has 2 heterocycles.